The highest BCUT2D eigenvalue weighted by Crippen LogP contribution is 2.34. The van der Waals surface area contributed by atoms with E-state index in [9.17, 15) is 9.59 Å². The molecule has 1 aromatic carbocycles. The van der Waals surface area contributed by atoms with Crippen molar-refractivity contribution in [2.24, 2.45) is 0 Å². The van der Waals surface area contributed by atoms with Crippen LogP contribution in [-0.4, -0.2) is 79.1 Å². The van der Waals surface area contributed by atoms with Crippen molar-refractivity contribution >= 4 is 12.0 Å². The Balaban J connectivity index is 1.52. The van der Waals surface area contributed by atoms with Crippen LogP contribution in [0.2, 0.25) is 0 Å². The summed E-state index contributed by atoms with van der Waals surface area (Å²) in [5.74, 6) is 0.457. The summed E-state index contributed by atoms with van der Waals surface area (Å²) in [5, 5.41) is 0. The van der Waals surface area contributed by atoms with Crippen molar-refractivity contribution < 1.29 is 14.3 Å². The first-order valence-electron chi connectivity index (χ1n) is 9.84. The summed E-state index contributed by atoms with van der Waals surface area (Å²) >= 11 is 0. The number of hydrogen-bond acceptors (Lipinski definition) is 4. The van der Waals surface area contributed by atoms with Gasteiger partial charge in [0, 0.05) is 45.4 Å². The van der Waals surface area contributed by atoms with Gasteiger partial charge in [0.05, 0.1) is 6.54 Å². The number of hydrogen-bond donors (Lipinski definition) is 0. The number of ether oxygens (including phenoxy) is 1. The lowest BCUT2D eigenvalue weighted by Gasteiger charge is -2.37. The molecule has 6 nitrogen and oxygen atoms in total. The average molecular weight is 373 g/mol. The van der Waals surface area contributed by atoms with Gasteiger partial charge in [0.2, 0.25) is 5.91 Å². The average Bonchev–Trinajstić information content (AvgIpc) is 2.95. The monoisotopic (exact) mass is 373 g/mol. The first kappa shape index (κ1) is 19.7. The Morgan fingerprint density at radius 2 is 1.89 bits per heavy atom. The minimum absolute atomic E-state index is 0.192. The zero-order chi connectivity index (χ0) is 19.4. The Morgan fingerprint density at radius 3 is 2.52 bits per heavy atom. The summed E-state index contributed by atoms with van der Waals surface area (Å²) in [5.41, 5.74) is 0.804. The van der Waals surface area contributed by atoms with Gasteiger partial charge in [-0.1, -0.05) is 37.3 Å². The lowest BCUT2D eigenvalue weighted by molar-refractivity contribution is -0.134. The van der Waals surface area contributed by atoms with Gasteiger partial charge in [-0.3, -0.25) is 4.79 Å². The molecule has 0 radical (unpaired) electrons. The van der Waals surface area contributed by atoms with Crippen LogP contribution in [0.1, 0.15) is 37.7 Å². The summed E-state index contributed by atoms with van der Waals surface area (Å²) in [4.78, 5) is 30.5. The fraction of sp³-hybridized carbons (Fsp3) is 0.619. The first-order valence-corrected chi connectivity index (χ1v) is 9.84. The quantitative estimate of drug-likeness (QED) is 0.769. The van der Waals surface area contributed by atoms with Crippen LogP contribution in [0.25, 0.3) is 0 Å². The first-order chi connectivity index (χ1) is 12.9. The number of rotatable bonds is 6. The molecule has 6 heteroatoms. The van der Waals surface area contributed by atoms with Gasteiger partial charge < -0.3 is 19.4 Å². The molecule has 1 aromatic rings. The van der Waals surface area contributed by atoms with Gasteiger partial charge in [-0.25, -0.2) is 4.79 Å². The Labute approximate surface area is 162 Å². The van der Waals surface area contributed by atoms with Crippen LogP contribution in [0.3, 0.4) is 0 Å². The van der Waals surface area contributed by atoms with Crippen molar-refractivity contribution in [1.82, 2.24) is 14.7 Å². The minimum atomic E-state index is -0.425. The van der Waals surface area contributed by atoms with E-state index in [0.29, 0.717) is 32.6 Å². The van der Waals surface area contributed by atoms with Gasteiger partial charge in [0.25, 0.3) is 0 Å². The molecule has 0 aromatic heterocycles. The molecule has 0 bridgehead atoms. The second-order valence-corrected chi connectivity index (χ2v) is 8.18. The highest BCUT2D eigenvalue weighted by Gasteiger charge is 2.47. The highest BCUT2D eigenvalue weighted by atomic mass is 16.6. The van der Waals surface area contributed by atoms with Crippen LogP contribution in [0.15, 0.2) is 30.3 Å². The summed E-state index contributed by atoms with van der Waals surface area (Å²) in [6, 6.07) is 10.2. The van der Waals surface area contributed by atoms with E-state index < -0.39 is 5.60 Å². The molecule has 3 rings (SSSR count). The molecule has 2 heterocycles. The van der Waals surface area contributed by atoms with Crippen LogP contribution in [-0.2, 0) is 9.53 Å². The van der Waals surface area contributed by atoms with E-state index in [2.05, 4.69) is 19.1 Å². The molecule has 1 unspecified atom stereocenters. The predicted molar refractivity (Wildman–Crippen MR) is 105 cm³/mol. The van der Waals surface area contributed by atoms with E-state index in [4.69, 9.17) is 4.74 Å². The SMILES string of the molecule is CC(CN1CC2(CCN(C(=O)CCN(C)C)CC2)OC1=O)c1ccccc1. The molecule has 0 saturated carbocycles. The fourth-order valence-electron chi connectivity index (χ4n) is 3.95. The number of carbonyl (C=O) groups is 2. The van der Waals surface area contributed by atoms with Crippen LogP contribution in [0.5, 0.6) is 0 Å². The Kier molecular flexibility index (Phi) is 6.05. The van der Waals surface area contributed by atoms with Crippen molar-refractivity contribution in [3.63, 3.8) is 0 Å². The van der Waals surface area contributed by atoms with Crippen LogP contribution in [0.4, 0.5) is 4.79 Å². The molecule has 2 aliphatic rings. The second kappa shape index (κ2) is 8.30. The zero-order valence-corrected chi connectivity index (χ0v) is 16.7. The van der Waals surface area contributed by atoms with Gasteiger partial charge >= 0.3 is 6.09 Å². The topological polar surface area (TPSA) is 53.1 Å². The molecule has 27 heavy (non-hydrogen) atoms. The number of nitrogens with zero attached hydrogens (tertiary/aromatic N) is 3. The summed E-state index contributed by atoms with van der Waals surface area (Å²) in [7, 11) is 3.95. The molecule has 1 spiro atoms. The van der Waals surface area contributed by atoms with Crippen molar-refractivity contribution in [2.45, 2.75) is 37.7 Å². The highest BCUT2D eigenvalue weighted by molar-refractivity contribution is 5.76. The molecular weight excluding hydrogens is 342 g/mol. The molecule has 2 saturated heterocycles. The zero-order valence-electron chi connectivity index (χ0n) is 16.7. The van der Waals surface area contributed by atoms with Crippen LogP contribution < -0.4 is 0 Å². The second-order valence-electron chi connectivity index (χ2n) is 8.18. The third-order valence-electron chi connectivity index (χ3n) is 5.70. The maximum absolute atomic E-state index is 12.4. The molecular formula is C21H31N3O3. The number of benzene rings is 1. The van der Waals surface area contributed by atoms with Crippen LogP contribution >= 0.6 is 0 Å². The standard InChI is InChI=1S/C21H31N3O3/c1-17(18-7-5-4-6-8-18)15-24-16-21(27-20(24)26)10-13-23(14-11-21)19(25)9-12-22(2)3/h4-8,17H,9-16H2,1-3H3. The Bertz CT molecular complexity index is 654. The van der Waals surface area contributed by atoms with Crippen molar-refractivity contribution in [3.8, 4) is 0 Å². The van der Waals surface area contributed by atoms with E-state index in [-0.39, 0.29) is 17.9 Å². The molecule has 0 aliphatic carbocycles. The minimum Gasteiger partial charge on any atom is -0.441 e. The Morgan fingerprint density at radius 1 is 1.22 bits per heavy atom. The number of likely N-dealkylation sites (tertiary alicyclic amines) is 1. The van der Waals surface area contributed by atoms with Gasteiger partial charge in [-0.2, -0.15) is 0 Å². The van der Waals surface area contributed by atoms with Crippen molar-refractivity contribution in [3.05, 3.63) is 35.9 Å². The lowest BCUT2D eigenvalue weighted by atomic mass is 9.90. The van der Waals surface area contributed by atoms with E-state index in [1.54, 1.807) is 0 Å². The van der Waals surface area contributed by atoms with Gasteiger partial charge in [0.1, 0.15) is 5.60 Å². The predicted octanol–water partition coefficient (Wildman–Crippen LogP) is 2.56. The molecule has 0 N–H and O–H groups in total. The van der Waals surface area contributed by atoms with Gasteiger partial charge in [-0.05, 0) is 25.6 Å². The molecule has 148 valence electrons. The smallest absolute Gasteiger partial charge is 0.410 e. The third-order valence-corrected chi connectivity index (χ3v) is 5.70. The third kappa shape index (κ3) is 4.80. The molecule has 2 fully saturated rings. The van der Waals surface area contributed by atoms with E-state index >= 15 is 0 Å². The van der Waals surface area contributed by atoms with Crippen molar-refractivity contribution in [2.75, 3.05) is 46.8 Å². The Hall–Kier alpha value is -2.08. The van der Waals surface area contributed by atoms with Crippen molar-refractivity contribution in [1.29, 1.82) is 0 Å². The van der Waals surface area contributed by atoms with E-state index in [1.807, 2.05) is 47.0 Å². The fourth-order valence-corrected chi connectivity index (χ4v) is 3.95. The maximum Gasteiger partial charge on any atom is 0.410 e. The maximum atomic E-state index is 12.4. The number of piperidine rings is 1. The van der Waals surface area contributed by atoms with E-state index in [1.165, 1.54) is 5.56 Å². The molecule has 1 atom stereocenters. The summed E-state index contributed by atoms with van der Waals surface area (Å²) in [6.45, 7) is 5.53. The summed E-state index contributed by atoms with van der Waals surface area (Å²) in [6.07, 6.45) is 1.77. The van der Waals surface area contributed by atoms with E-state index in [0.717, 1.165) is 19.4 Å². The largest absolute Gasteiger partial charge is 0.441 e. The lowest BCUT2D eigenvalue weighted by Crippen LogP contribution is -2.49. The van der Waals surface area contributed by atoms with Gasteiger partial charge in [-0.15, -0.1) is 0 Å². The summed E-state index contributed by atoms with van der Waals surface area (Å²) < 4.78 is 5.81. The molecule has 2 aliphatic heterocycles. The van der Waals surface area contributed by atoms with Gasteiger partial charge in [0.15, 0.2) is 0 Å². The molecule has 2 amide bonds. The number of carbonyl (C=O) groups excluding carboxylic acids is 2. The van der Waals surface area contributed by atoms with Crippen LogP contribution in [0, 0.1) is 0 Å². The number of amides is 2. The normalized spacial score (nSPS) is 20.2.